The van der Waals surface area contributed by atoms with Gasteiger partial charge in [0.1, 0.15) is 5.58 Å². The second-order valence-electron chi connectivity index (χ2n) is 5.29. The van der Waals surface area contributed by atoms with Gasteiger partial charge in [-0.2, -0.15) is 0 Å². The molecule has 1 fully saturated rings. The lowest BCUT2D eigenvalue weighted by molar-refractivity contribution is -0.123. The van der Waals surface area contributed by atoms with E-state index < -0.39 is 0 Å². The van der Waals surface area contributed by atoms with Crippen LogP contribution >= 0.6 is 0 Å². The van der Waals surface area contributed by atoms with Crippen molar-refractivity contribution in [3.8, 4) is 0 Å². The van der Waals surface area contributed by atoms with Gasteiger partial charge in [-0.1, -0.05) is 6.07 Å². The van der Waals surface area contributed by atoms with Crippen LogP contribution in [-0.2, 0) is 4.79 Å². The number of carbonyl (C=O) groups is 2. The van der Waals surface area contributed by atoms with Crippen molar-refractivity contribution in [3.63, 3.8) is 0 Å². The summed E-state index contributed by atoms with van der Waals surface area (Å²) in [5, 5.41) is 3.64. The fourth-order valence-corrected chi connectivity index (χ4v) is 2.47. The molecule has 0 spiro atoms. The molecule has 0 unspecified atom stereocenters. The van der Waals surface area contributed by atoms with Crippen LogP contribution in [0.3, 0.4) is 0 Å². The minimum absolute atomic E-state index is 0.155. The lowest BCUT2D eigenvalue weighted by atomic mass is 10.0. The average Bonchev–Trinajstić information content (AvgIpc) is 3.07. The Bertz CT molecular complexity index is 671. The van der Waals surface area contributed by atoms with Crippen LogP contribution in [-0.4, -0.2) is 18.4 Å². The minimum atomic E-state index is -0.380. The Labute approximate surface area is 116 Å². The Morgan fingerprint density at radius 2 is 2.10 bits per heavy atom. The number of amides is 2. The van der Waals surface area contributed by atoms with Crippen LogP contribution in [0.1, 0.15) is 29.6 Å². The molecule has 2 aromatic rings. The van der Waals surface area contributed by atoms with E-state index in [1.54, 1.807) is 24.5 Å². The van der Waals surface area contributed by atoms with Crippen molar-refractivity contribution in [1.29, 1.82) is 0 Å². The molecule has 5 heteroatoms. The molecule has 1 aromatic carbocycles. The van der Waals surface area contributed by atoms with Crippen LogP contribution in [0, 0.1) is 5.41 Å². The van der Waals surface area contributed by atoms with Gasteiger partial charge >= 0.3 is 0 Å². The van der Waals surface area contributed by atoms with Crippen molar-refractivity contribution in [2.24, 2.45) is 11.1 Å². The summed E-state index contributed by atoms with van der Waals surface area (Å²) in [5.41, 5.74) is 6.25. The molecule has 1 aromatic heterocycles. The Morgan fingerprint density at radius 3 is 2.80 bits per heavy atom. The Balaban J connectivity index is 1.65. The van der Waals surface area contributed by atoms with E-state index in [1.165, 1.54) is 0 Å². The van der Waals surface area contributed by atoms with E-state index in [9.17, 15) is 9.59 Å². The molecular formula is C15H16N2O3. The van der Waals surface area contributed by atoms with Crippen LogP contribution < -0.4 is 11.1 Å². The third-order valence-corrected chi connectivity index (χ3v) is 4.01. The number of furan rings is 1. The van der Waals surface area contributed by atoms with Crippen molar-refractivity contribution in [1.82, 2.24) is 5.32 Å². The molecular weight excluding hydrogens is 256 g/mol. The van der Waals surface area contributed by atoms with Gasteiger partial charge in [0.2, 0.25) is 5.91 Å². The molecule has 20 heavy (non-hydrogen) atoms. The molecule has 0 saturated heterocycles. The van der Waals surface area contributed by atoms with Crippen molar-refractivity contribution < 1.29 is 14.0 Å². The van der Waals surface area contributed by atoms with Gasteiger partial charge in [0.25, 0.3) is 5.91 Å². The van der Waals surface area contributed by atoms with Crippen molar-refractivity contribution in [2.75, 3.05) is 6.54 Å². The van der Waals surface area contributed by atoms with Gasteiger partial charge in [-0.05, 0) is 37.5 Å². The molecule has 0 atom stereocenters. The molecule has 0 aliphatic heterocycles. The molecule has 1 saturated carbocycles. The van der Waals surface area contributed by atoms with Crippen molar-refractivity contribution in [2.45, 2.75) is 19.3 Å². The maximum Gasteiger partial charge on any atom is 0.252 e. The molecule has 0 bridgehead atoms. The summed E-state index contributed by atoms with van der Waals surface area (Å²) in [6.45, 7) is 0.454. The van der Waals surface area contributed by atoms with Gasteiger partial charge in [0, 0.05) is 11.9 Å². The molecule has 3 rings (SSSR count). The van der Waals surface area contributed by atoms with Crippen LogP contribution in [0.25, 0.3) is 11.0 Å². The SMILES string of the molecule is NC(=O)C1(CCNC(=O)c2cccc3occc23)CC1. The van der Waals surface area contributed by atoms with Crippen molar-refractivity contribution in [3.05, 3.63) is 36.1 Å². The number of rotatable bonds is 5. The molecule has 1 aliphatic carbocycles. The quantitative estimate of drug-likeness (QED) is 0.870. The second-order valence-corrected chi connectivity index (χ2v) is 5.29. The second kappa shape index (κ2) is 4.67. The van der Waals surface area contributed by atoms with Gasteiger partial charge in [-0.3, -0.25) is 9.59 Å². The summed E-state index contributed by atoms with van der Waals surface area (Å²) in [6.07, 6.45) is 3.83. The number of primary amides is 1. The zero-order chi connectivity index (χ0) is 14.2. The zero-order valence-electron chi connectivity index (χ0n) is 11.0. The first-order valence-corrected chi connectivity index (χ1v) is 6.67. The normalized spacial score (nSPS) is 16.0. The molecule has 1 heterocycles. The smallest absolute Gasteiger partial charge is 0.252 e. The van der Waals surface area contributed by atoms with Gasteiger partial charge in [0.15, 0.2) is 0 Å². The highest BCUT2D eigenvalue weighted by Gasteiger charge is 2.47. The van der Waals surface area contributed by atoms with E-state index in [4.69, 9.17) is 10.2 Å². The first-order valence-electron chi connectivity index (χ1n) is 6.67. The Morgan fingerprint density at radius 1 is 1.30 bits per heavy atom. The van der Waals surface area contributed by atoms with E-state index in [0.29, 0.717) is 24.1 Å². The molecule has 5 nitrogen and oxygen atoms in total. The van der Waals surface area contributed by atoms with Gasteiger partial charge in [-0.15, -0.1) is 0 Å². The van der Waals surface area contributed by atoms with E-state index in [0.717, 1.165) is 18.2 Å². The van der Waals surface area contributed by atoms with Crippen LogP contribution in [0.4, 0.5) is 0 Å². The number of nitrogens with two attached hydrogens (primary N) is 1. The Kier molecular flexibility index (Phi) is 2.97. The number of hydrogen-bond donors (Lipinski definition) is 2. The number of carbonyl (C=O) groups excluding carboxylic acids is 2. The maximum absolute atomic E-state index is 12.2. The molecule has 1 aliphatic rings. The van der Waals surface area contributed by atoms with Gasteiger partial charge in [0.05, 0.1) is 17.2 Å². The summed E-state index contributed by atoms with van der Waals surface area (Å²) in [5.74, 6) is -0.416. The summed E-state index contributed by atoms with van der Waals surface area (Å²) in [4.78, 5) is 23.4. The first-order chi connectivity index (χ1) is 9.62. The van der Waals surface area contributed by atoms with E-state index >= 15 is 0 Å². The topological polar surface area (TPSA) is 85.3 Å². The summed E-state index contributed by atoms with van der Waals surface area (Å²) in [7, 11) is 0. The molecule has 3 N–H and O–H groups in total. The fourth-order valence-electron chi connectivity index (χ4n) is 2.47. The van der Waals surface area contributed by atoms with Crippen LogP contribution in [0.5, 0.6) is 0 Å². The lowest BCUT2D eigenvalue weighted by Gasteiger charge is -2.11. The standard InChI is InChI=1S/C15H16N2O3/c16-14(19)15(5-6-15)7-8-17-13(18)11-2-1-3-12-10(11)4-9-20-12/h1-4,9H,5-8H2,(H2,16,19)(H,17,18). The van der Waals surface area contributed by atoms with Crippen LogP contribution in [0.15, 0.2) is 34.9 Å². The van der Waals surface area contributed by atoms with E-state index in [2.05, 4.69) is 5.32 Å². The zero-order valence-corrected chi connectivity index (χ0v) is 11.0. The van der Waals surface area contributed by atoms with Crippen LogP contribution in [0.2, 0.25) is 0 Å². The largest absolute Gasteiger partial charge is 0.464 e. The summed E-state index contributed by atoms with van der Waals surface area (Å²) >= 11 is 0. The molecule has 0 radical (unpaired) electrons. The van der Waals surface area contributed by atoms with E-state index in [1.807, 2.05) is 6.07 Å². The highest BCUT2D eigenvalue weighted by atomic mass is 16.3. The number of hydrogen-bond acceptors (Lipinski definition) is 3. The third kappa shape index (κ3) is 2.15. The predicted molar refractivity (Wildman–Crippen MR) is 74.0 cm³/mol. The average molecular weight is 272 g/mol. The highest BCUT2D eigenvalue weighted by Crippen LogP contribution is 2.48. The third-order valence-electron chi connectivity index (χ3n) is 4.01. The maximum atomic E-state index is 12.2. The fraction of sp³-hybridized carbons (Fsp3) is 0.333. The first kappa shape index (κ1) is 12.7. The summed E-state index contributed by atoms with van der Waals surface area (Å²) in [6, 6.07) is 7.13. The Hall–Kier alpha value is -2.30. The minimum Gasteiger partial charge on any atom is -0.464 e. The lowest BCUT2D eigenvalue weighted by Crippen LogP contribution is -2.31. The summed E-state index contributed by atoms with van der Waals surface area (Å²) < 4.78 is 5.27. The monoisotopic (exact) mass is 272 g/mol. The van der Waals surface area contributed by atoms with Gasteiger partial charge in [-0.25, -0.2) is 0 Å². The molecule has 104 valence electrons. The van der Waals surface area contributed by atoms with Crippen molar-refractivity contribution >= 4 is 22.8 Å². The number of benzene rings is 1. The molecule has 2 amide bonds. The highest BCUT2D eigenvalue weighted by molar-refractivity contribution is 6.05. The predicted octanol–water partition coefficient (Wildman–Crippen LogP) is 1.82. The van der Waals surface area contributed by atoms with E-state index in [-0.39, 0.29) is 17.2 Å². The number of fused-ring (bicyclic) bond motifs is 1. The van der Waals surface area contributed by atoms with Gasteiger partial charge < -0.3 is 15.5 Å². The number of nitrogens with one attached hydrogen (secondary N) is 1.